The molecule has 2 aromatic rings. The number of benzene rings is 2. The van der Waals surface area contributed by atoms with E-state index in [1.54, 1.807) is 11.8 Å². The molecule has 0 spiro atoms. The van der Waals surface area contributed by atoms with Gasteiger partial charge in [-0.05, 0) is 30.7 Å². The summed E-state index contributed by atoms with van der Waals surface area (Å²) in [6.07, 6.45) is 1.03. The third-order valence-corrected chi connectivity index (χ3v) is 6.48. The number of halogens is 2. The number of carbonyl (C=O) groups is 1. The Morgan fingerprint density at radius 1 is 1.18 bits per heavy atom. The fourth-order valence-electron chi connectivity index (χ4n) is 2.51. The van der Waals surface area contributed by atoms with Gasteiger partial charge >= 0.3 is 0 Å². The van der Waals surface area contributed by atoms with Crippen LogP contribution < -0.4 is 9.62 Å². The fourth-order valence-corrected chi connectivity index (χ4v) is 4.74. The van der Waals surface area contributed by atoms with Crippen molar-refractivity contribution >= 4 is 56.6 Å². The van der Waals surface area contributed by atoms with Gasteiger partial charge in [0.05, 0.1) is 17.0 Å². The van der Waals surface area contributed by atoms with Crippen molar-refractivity contribution in [1.82, 2.24) is 5.32 Å². The summed E-state index contributed by atoms with van der Waals surface area (Å²) in [5.74, 6) is 1.18. The van der Waals surface area contributed by atoms with E-state index >= 15 is 0 Å². The van der Waals surface area contributed by atoms with Gasteiger partial charge in [0.25, 0.3) is 0 Å². The van der Waals surface area contributed by atoms with Crippen LogP contribution in [0.1, 0.15) is 11.1 Å². The molecule has 0 atom stereocenters. The Morgan fingerprint density at radius 3 is 2.57 bits per heavy atom. The summed E-state index contributed by atoms with van der Waals surface area (Å²) < 4.78 is 25.2. The van der Waals surface area contributed by atoms with Gasteiger partial charge in [-0.1, -0.05) is 53.0 Å². The summed E-state index contributed by atoms with van der Waals surface area (Å²) in [5, 5.41) is 3.30. The monoisotopic (exact) mass is 460 g/mol. The first kappa shape index (κ1) is 22.9. The highest BCUT2D eigenvalue weighted by atomic mass is 35.5. The number of thioether (sulfide) groups is 1. The molecule has 0 aliphatic heterocycles. The van der Waals surface area contributed by atoms with Crippen molar-refractivity contribution in [3.63, 3.8) is 0 Å². The number of aryl methyl sites for hydroxylation is 1. The van der Waals surface area contributed by atoms with E-state index in [2.05, 4.69) is 30.4 Å². The molecule has 0 bridgehead atoms. The molecule has 9 heteroatoms. The van der Waals surface area contributed by atoms with Crippen LogP contribution in [0.4, 0.5) is 5.69 Å². The normalized spacial score (nSPS) is 11.3. The van der Waals surface area contributed by atoms with Gasteiger partial charge in [-0.3, -0.25) is 9.10 Å². The van der Waals surface area contributed by atoms with E-state index in [0.29, 0.717) is 11.6 Å². The number of hydrogen-bond donors (Lipinski definition) is 1. The average molecular weight is 461 g/mol. The molecular weight excluding hydrogens is 439 g/mol. The number of nitrogens with one attached hydrogen (secondary N) is 1. The molecule has 0 unspecified atom stereocenters. The van der Waals surface area contributed by atoms with Crippen LogP contribution in [0, 0.1) is 6.92 Å². The number of nitrogens with zero attached hydrogens (tertiary/aromatic N) is 1. The summed E-state index contributed by atoms with van der Waals surface area (Å²) in [7, 11) is -3.68. The van der Waals surface area contributed by atoms with Gasteiger partial charge in [0.15, 0.2) is 0 Å². The number of anilines is 1. The second-order valence-corrected chi connectivity index (χ2v) is 10.1. The van der Waals surface area contributed by atoms with Crippen molar-refractivity contribution in [3.05, 3.63) is 63.6 Å². The zero-order valence-electron chi connectivity index (χ0n) is 15.6. The molecule has 0 aromatic heterocycles. The fraction of sp³-hybridized carbons (Fsp3) is 0.316. The molecule has 152 valence electrons. The van der Waals surface area contributed by atoms with Crippen molar-refractivity contribution in [1.29, 1.82) is 0 Å². The quantitative estimate of drug-likeness (QED) is 0.571. The summed E-state index contributed by atoms with van der Waals surface area (Å²) in [6.45, 7) is 2.15. The highest BCUT2D eigenvalue weighted by Gasteiger charge is 2.23. The lowest BCUT2D eigenvalue weighted by atomic mass is 10.2. The Morgan fingerprint density at radius 2 is 1.93 bits per heavy atom. The summed E-state index contributed by atoms with van der Waals surface area (Å²) >= 11 is 13.7. The molecule has 1 amide bonds. The Kier molecular flexibility index (Phi) is 8.49. The van der Waals surface area contributed by atoms with Crippen LogP contribution in [0.5, 0.6) is 0 Å². The third-order valence-electron chi connectivity index (χ3n) is 3.79. The number of sulfonamides is 1. The van der Waals surface area contributed by atoms with Crippen LogP contribution in [0.25, 0.3) is 0 Å². The summed E-state index contributed by atoms with van der Waals surface area (Å²) in [4.78, 5) is 12.2. The van der Waals surface area contributed by atoms with Crippen LogP contribution in [0.3, 0.4) is 0 Å². The minimum atomic E-state index is -3.68. The molecular formula is C19H22Cl2N2O3S2. The highest BCUT2D eigenvalue weighted by Crippen LogP contribution is 2.30. The molecule has 0 saturated heterocycles. The predicted octanol–water partition coefficient (Wildman–Crippen LogP) is 4.12. The standard InChI is InChI=1S/C19H22Cl2N2O3S2/c1-14-4-3-5-15(10-14)13-27-9-8-22-19(24)12-23(28(2,25)26)18-7-6-16(20)11-17(18)21/h3-7,10-11H,8-9,12-13H2,1-2H3,(H,22,24). The molecule has 1 N–H and O–H groups in total. The number of amides is 1. The maximum atomic E-state index is 12.2. The van der Waals surface area contributed by atoms with Crippen LogP contribution >= 0.6 is 35.0 Å². The van der Waals surface area contributed by atoms with Gasteiger partial charge in [-0.2, -0.15) is 11.8 Å². The maximum absolute atomic E-state index is 12.2. The Bertz CT molecular complexity index is 937. The number of rotatable bonds is 9. The van der Waals surface area contributed by atoms with E-state index in [4.69, 9.17) is 23.2 Å². The molecule has 0 fully saturated rings. The smallest absolute Gasteiger partial charge is 0.240 e. The van der Waals surface area contributed by atoms with Crippen LogP contribution in [0.2, 0.25) is 10.0 Å². The number of carbonyl (C=O) groups excluding carboxylic acids is 1. The lowest BCUT2D eigenvalue weighted by Gasteiger charge is -2.23. The first-order valence-corrected chi connectivity index (χ1v) is 12.3. The molecule has 0 aliphatic rings. The van der Waals surface area contributed by atoms with Crippen molar-refractivity contribution in [2.75, 3.05) is 29.4 Å². The van der Waals surface area contributed by atoms with Crippen LogP contribution in [-0.4, -0.2) is 39.4 Å². The third kappa shape index (κ3) is 7.20. The van der Waals surface area contributed by atoms with Crippen LogP contribution in [-0.2, 0) is 20.6 Å². The molecule has 28 heavy (non-hydrogen) atoms. The summed E-state index contributed by atoms with van der Waals surface area (Å²) in [6, 6.07) is 12.7. The lowest BCUT2D eigenvalue weighted by molar-refractivity contribution is -0.119. The SMILES string of the molecule is Cc1cccc(CSCCNC(=O)CN(c2ccc(Cl)cc2Cl)S(C)(=O)=O)c1. The first-order chi connectivity index (χ1) is 13.2. The topological polar surface area (TPSA) is 66.5 Å². The van der Waals surface area contributed by atoms with E-state index in [1.807, 2.05) is 6.07 Å². The van der Waals surface area contributed by atoms with Crippen molar-refractivity contribution in [2.45, 2.75) is 12.7 Å². The second-order valence-electron chi connectivity index (χ2n) is 6.26. The minimum Gasteiger partial charge on any atom is -0.354 e. The molecule has 0 heterocycles. The van der Waals surface area contributed by atoms with Gasteiger partial charge in [0, 0.05) is 23.1 Å². The lowest BCUT2D eigenvalue weighted by Crippen LogP contribution is -2.41. The first-order valence-electron chi connectivity index (χ1n) is 8.49. The highest BCUT2D eigenvalue weighted by molar-refractivity contribution is 7.98. The maximum Gasteiger partial charge on any atom is 0.240 e. The van der Waals surface area contributed by atoms with E-state index in [-0.39, 0.29) is 17.3 Å². The Hall–Kier alpha value is -1.41. The largest absolute Gasteiger partial charge is 0.354 e. The zero-order chi connectivity index (χ0) is 20.7. The van der Waals surface area contributed by atoms with Gasteiger partial charge in [-0.15, -0.1) is 0 Å². The Balaban J connectivity index is 1.86. The summed E-state index contributed by atoms with van der Waals surface area (Å²) in [5.41, 5.74) is 2.67. The number of hydrogen-bond acceptors (Lipinski definition) is 4. The molecule has 2 aromatic carbocycles. The van der Waals surface area contributed by atoms with Crippen LogP contribution in [0.15, 0.2) is 42.5 Å². The molecule has 0 saturated carbocycles. The van der Waals surface area contributed by atoms with Gasteiger partial charge in [0.1, 0.15) is 6.54 Å². The van der Waals surface area contributed by atoms with E-state index in [1.165, 1.54) is 29.3 Å². The average Bonchev–Trinajstić information content (AvgIpc) is 2.59. The minimum absolute atomic E-state index is 0.166. The van der Waals surface area contributed by atoms with Crippen molar-refractivity contribution < 1.29 is 13.2 Å². The molecule has 5 nitrogen and oxygen atoms in total. The van der Waals surface area contributed by atoms with Crippen molar-refractivity contribution in [2.24, 2.45) is 0 Å². The molecule has 0 radical (unpaired) electrons. The molecule has 0 aliphatic carbocycles. The van der Waals surface area contributed by atoms with Gasteiger partial charge in [0.2, 0.25) is 15.9 Å². The van der Waals surface area contributed by atoms with E-state index in [9.17, 15) is 13.2 Å². The zero-order valence-corrected chi connectivity index (χ0v) is 18.8. The van der Waals surface area contributed by atoms with E-state index in [0.717, 1.165) is 22.1 Å². The second kappa shape index (κ2) is 10.4. The predicted molar refractivity (Wildman–Crippen MR) is 119 cm³/mol. The van der Waals surface area contributed by atoms with Gasteiger partial charge in [-0.25, -0.2) is 8.42 Å². The molecule has 2 rings (SSSR count). The van der Waals surface area contributed by atoms with Crippen molar-refractivity contribution in [3.8, 4) is 0 Å². The van der Waals surface area contributed by atoms with E-state index < -0.39 is 15.9 Å². The van der Waals surface area contributed by atoms with Gasteiger partial charge < -0.3 is 5.32 Å². The Labute approximate surface area is 180 Å².